The molecule has 12 heteroatoms. The fourth-order valence-electron chi connectivity index (χ4n) is 2.28. The third kappa shape index (κ3) is 2.95. The summed E-state index contributed by atoms with van der Waals surface area (Å²) in [6.45, 7) is -0.456. The first kappa shape index (κ1) is 15.3. The summed E-state index contributed by atoms with van der Waals surface area (Å²) in [6, 6.07) is 0. The fourth-order valence-corrected chi connectivity index (χ4v) is 2.62. The normalized spacial score (nSPS) is 25.9. The van der Waals surface area contributed by atoms with E-state index in [4.69, 9.17) is 14.5 Å². The molecule has 2 aromatic rings. The maximum atomic E-state index is 11.6. The number of aromatic nitrogens is 4. The minimum atomic E-state index is -4.64. The highest BCUT2D eigenvalue weighted by Crippen LogP contribution is 2.38. The highest BCUT2D eigenvalue weighted by atomic mass is 31.2. The molecular formula is C10H13N4O7P. The van der Waals surface area contributed by atoms with Gasteiger partial charge in [0.1, 0.15) is 12.3 Å². The molecule has 2 aromatic heterocycles. The van der Waals surface area contributed by atoms with Gasteiger partial charge < -0.3 is 24.6 Å². The Morgan fingerprint density at radius 1 is 1.50 bits per heavy atom. The quantitative estimate of drug-likeness (QED) is 0.508. The predicted molar refractivity (Wildman–Crippen MR) is 70.7 cm³/mol. The first-order chi connectivity index (χ1) is 10.3. The minimum absolute atomic E-state index is 0.135. The first-order valence-corrected chi connectivity index (χ1v) is 7.82. The molecule has 1 aliphatic heterocycles. The van der Waals surface area contributed by atoms with Crippen LogP contribution >= 0.6 is 7.82 Å². The number of fused-ring (bicyclic) bond motifs is 1. The molecule has 3 heterocycles. The molecule has 4 N–H and O–H groups in total. The third-order valence-corrected chi connectivity index (χ3v) is 3.77. The van der Waals surface area contributed by atoms with Crippen molar-refractivity contribution >= 4 is 19.0 Å². The van der Waals surface area contributed by atoms with Gasteiger partial charge >= 0.3 is 7.82 Å². The van der Waals surface area contributed by atoms with E-state index in [1.54, 1.807) is 0 Å². The van der Waals surface area contributed by atoms with Gasteiger partial charge in [0, 0.05) is 6.42 Å². The average Bonchev–Trinajstić information content (AvgIpc) is 3.00. The molecule has 1 aliphatic rings. The van der Waals surface area contributed by atoms with E-state index in [2.05, 4.69) is 19.5 Å². The van der Waals surface area contributed by atoms with Crippen LogP contribution in [-0.4, -0.2) is 53.2 Å². The van der Waals surface area contributed by atoms with Gasteiger partial charge in [-0.25, -0.2) is 14.5 Å². The Morgan fingerprint density at radius 3 is 3.00 bits per heavy atom. The molecule has 11 nitrogen and oxygen atoms in total. The van der Waals surface area contributed by atoms with Crippen molar-refractivity contribution in [2.24, 2.45) is 0 Å². The van der Waals surface area contributed by atoms with E-state index < -0.39 is 38.4 Å². The lowest BCUT2D eigenvalue weighted by Crippen LogP contribution is -2.25. The molecule has 22 heavy (non-hydrogen) atoms. The average molecular weight is 332 g/mol. The van der Waals surface area contributed by atoms with Crippen molar-refractivity contribution in [1.29, 1.82) is 0 Å². The number of phosphoric acid groups is 1. The van der Waals surface area contributed by atoms with Crippen molar-refractivity contribution < 1.29 is 28.7 Å². The number of ether oxygens (including phenoxy) is 1. The second-order valence-corrected chi connectivity index (χ2v) is 6.01. The third-order valence-electron chi connectivity index (χ3n) is 3.29. The Balaban J connectivity index is 1.80. The Bertz CT molecular complexity index is 783. The molecule has 1 fully saturated rings. The predicted octanol–water partition coefficient (Wildman–Crippen LogP) is -1.12. The Kier molecular flexibility index (Phi) is 3.85. The van der Waals surface area contributed by atoms with Gasteiger partial charge in [-0.05, 0) is 0 Å². The van der Waals surface area contributed by atoms with Crippen LogP contribution in [0.1, 0.15) is 12.6 Å². The van der Waals surface area contributed by atoms with E-state index >= 15 is 0 Å². The molecule has 0 saturated carbocycles. The van der Waals surface area contributed by atoms with Crippen molar-refractivity contribution in [3.8, 4) is 0 Å². The monoisotopic (exact) mass is 332 g/mol. The number of aliphatic hydroxyl groups is 1. The summed E-state index contributed by atoms with van der Waals surface area (Å²) < 4.78 is 22.0. The van der Waals surface area contributed by atoms with Gasteiger partial charge in [0.2, 0.25) is 0 Å². The Hall–Kier alpha value is -1.62. The number of aliphatic hydroxyl groups excluding tert-OH is 1. The van der Waals surface area contributed by atoms with Crippen molar-refractivity contribution in [2.75, 3.05) is 6.61 Å². The Morgan fingerprint density at radius 2 is 2.27 bits per heavy atom. The van der Waals surface area contributed by atoms with Crippen molar-refractivity contribution in [1.82, 2.24) is 19.5 Å². The van der Waals surface area contributed by atoms with E-state index in [1.807, 2.05) is 0 Å². The van der Waals surface area contributed by atoms with Gasteiger partial charge in [-0.1, -0.05) is 0 Å². The van der Waals surface area contributed by atoms with E-state index in [0.717, 1.165) is 0 Å². The van der Waals surface area contributed by atoms with Crippen molar-refractivity contribution in [3.05, 3.63) is 23.0 Å². The number of H-pyrrole nitrogens is 1. The number of aromatic amines is 1. The van der Waals surface area contributed by atoms with Crippen LogP contribution in [0.25, 0.3) is 11.2 Å². The summed E-state index contributed by atoms with van der Waals surface area (Å²) in [6.07, 6.45) is 0.182. The number of nitrogens with one attached hydrogen (secondary N) is 1. The second kappa shape index (κ2) is 5.54. The van der Waals surface area contributed by atoms with Crippen LogP contribution < -0.4 is 5.56 Å². The lowest BCUT2D eigenvalue weighted by molar-refractivity contribution is -0.0424. The Labute approximate surface area is 122 Å². The summed E-state index contributed by atoms with van der Waals surface area (Å²) in [5.41, 5.74) is 0.0247. The van der Waals surface area contributed by atoms with Crippen LogP contribution in [0.15, 0.2) is 17.4 Å². The molecule has 0 bridgehead atoms. The van der Waals surface area contributed by atoms with Crippen LogP contribution in [-0.2, 0) is 13.8 Å². The molecule has 0 aromatic carbocycles. The fraction of sp³-hybridized carbons (Fsp3) is 0.500. The molecule has 0 aliphatic carbocycles. The zero-order chi connectivity index (χ0) is 15.9. The maximum Gasteiger partial charge on any atom is 0.469 e. The van der Waals surface area contributed by atoms with Gasteiger partial charge in [-0.15, -0.1) is 0 Å². The number of imidazole rings is 1. The number of phosphoric ester groups is 1. The van der Waals surface area contributed by atoms with Crippen LogP contribution in [0.5, 0.6) is 0 Å². The van der Waals surface area contributed by atoms with Gasteiger partial charge in [-0.3, -0.25) is 13.9 Å². The number of rotatable bonds is 4. The first-order valence-electron chi connectivity index (χ1n) is 6.29. The van der Waals surface area contributed by atoms with E-state index in [0.29, 0.717) is 0 Å². The van der Waals surface area contributed by atoms with Crippen LogP contribution in [0.4, 0.5) is 0 Å². The zero-order valence-electron chi connectivity index (χ0n) is 11.1. The highest BCUT2D eigenvalue weighted by Gasteiger charge is 2.37. The van der Waals surface area contributed by atoms with Crippen molar-refractivity contribution in [2.45, 2.75) is 24.9 Å². The number of nitrogens with zero attached hydrogens (tertiary/aromatic N) is 3. The van der Waals surface area contributed by atoms with E-state index in [1.165, 1.54) is 17.2 Å². The van der Waals surface area contributed by atoms with E-state index in [-0.39, 0.29) is 17.6 Å². The van der Waals surface area contributed by atoms with Crippen LogP contribution in [0.2, 0.25) is 0 Å². The van der Waals surface area contributed by atoms with Gasteiger partial charge in [-0.2, -0.15) is 0 Å². The zero-order valence-corrected chi connectivity index (χ0v) is 12.0. The van der Waals surface area contributed by atoms with Crippen LogP contribution in [0.3, 0.4) is 0 Å². The summed E-state index contributed by atoms with van der Waals surface area (Å²) in [4.78, 5) is 39.3. The summed E-state index contributed by atoms with van der Waals surface area (Å²) in [5, 5.41) is 9.90. The molecule has 0 spiro atoms. The van der Waals surface area contributed by atoms with Gasteiger partial charge in [0.25, 0.3) is 5.56 Å². The van der Waals surface area contributed by atoms with Gasteiger partial charge in [0.05, 0.1) is 25.4 Å². The molecule has 0 radical (unpaired) electrons. The van der Waals surface area contributed by atoms with Crippen LogP contribution in [0, 0.1) is 0 Å². The second-order valence-electron chi connectivity index (χ2n) is 4.77. The highest BCUT2D eigenvalue weighted by molar-refractivity contribution is 7.46. The molecule has 120 valence electrons. The number of hydrogen-bond donors (Lipinski definition) is 4. The smallest absolute Gasteiger partial charge is 0.390 e. The topological polar surface area (TPSA) is 160 Å². The lowest BCUT2D eigenvalue weighted by Gasteiger charge is -2.16. The summed E-state index contributed by atoms with van der Waals surface area (Å²) in [5.74, 6) is 0. The van der Waals surface area contributed by atoms with Crippen molar-refractivity contribution in [3.63, 3.8) is 0 Å². The molecule has 1 saturated heterocycles. The molecule has 0 amide bonds. The minimum Gasteiger partial charge on any atom is -0.390 e. The molecular weight excluding hydrogens is 319 g/mol. The number of hydrogen-bond acceptors (Lipinski definition) is 7. The van der Waals surface area contributed by atoms with Gasteiger partial charge in [0.15, 0.2) is 11.2 Å². The molecule has 3 rings (SSSR count). The maximum absolute atomic E-state index is 11.6. The largest absolute Gasteiger partial charge is 0.469 e. The summed E-state index contributed by atoms with van der Waals surface area (Å²) >= 11 is 0. The standard InChI is InChI=1S/C10H13N4O7P/c15-5-1-7(21-6(5)2-20-22(17,18)19)14-4-13-8-9(14)11-3-12-10(8)16/h3-7,15H,1-2H2,(H,11,12,16)(H2,17,18,19). The summed E-state index contributed by atoms with van der Waals surface area (Å²) in [7, 11) is -4.64. The molecule has 3 atom stereocenters. The van der Waals surface area contributed by atoms with E-state index in [9.17, 15) is 14.5 Å². The lowest BCUT2D eigenvalue weighted by atomic mass is 10.2. The SMILES string of the molecule is O=c1[nH]cnc2c1ncn2C1CC(O)C(COP(=O)(O)O)O1. The molecule has 3 unspecified atom stereocenters.